The Morgan fingerprint density at radius 3 is 2.44 bits per heavy atom. The van der Waals surface area contributed by atoms with Crippen molar-refractivity contribution in [3.05, 3.63) is 60.1 Å². The molecule has 2 saturated heterocycles. The van der Waals surface area contributed by atoms with Crippen LogP contribution in [0.2, 0.25) is 0 Å². The third-order valence-electron chi connectivity index (χ3n) is 5.96. The van der Waals surface area contributed by atoms with Crippen LogP contribution < -0.4 is 5.32 Å². The Bertz CT molecular complexity index is 830. The maximum Gasteiger partial charge on any atom is 0.225 e. The summed E-state index contributed by atoms with van der Waals surface area (Å²) in [5.41, 5.74) is 1.19. The molecule has 1 N–H and O–H groups in total. The number of carbonyl (C=O) groups excluding carboxylic acids is 1. The average Bonchev–Trinajstić information content (AvgIpc) is 3.36. The molecule has 0 radical (unpaired) electrons. The van der Waals surface area contributed by atoms with E-state index in [-0.39, 0.29) is 35.8 Å². The van der Waals surface area contributed by atoms with Gasteiger partial charge in [0, 0.05) is 45.1 Å². The molecule has 2 aliphatic rings. The van der Waals surface area contributed by atoms with E-state index in [2.05, 4.69) is 22.3 Å². The first-order valence-corrected chi connectivity index (χ1v) is 11.3. The van der Waals surface area contributed by atoms with Crippen LogP contribution in [0.3, 0.4) is 0 Å². The number of likely N-dealkylation sites (tertiary alicyclic amines) is 1. The largest absolute Gasteiger partial charge is 0.469 e. The van der Waals surface area contributed by atoms with Gasteiger partial charge in [-0.05, 0) is 30.5 Å². The lowest BCUT2D eigenvalue weighted by molar-refractivity contribution is -0.140. The summed E-state index contributed by atoms with van der Waals surface area (Å²) in [5, 5.41) is 3.51. The third kappa shape index (κ3) is 6.96. The fourth-order valence-electron chi connectivity index (χ4n) is 4.15. The summed E-state index contributed by atoms with van der Waals surface area (Å²) in [6.45, 7) is 5.81. The summed E-state index contributed by atoms with van der Waals surface area (Å²) < 4.78 is 10.8. The van der Waals surface area contributed by atoms with E-state index in [1.807, 2.05) is 35.2 Å². The van der Waals surface area contributed by atoms with Gasteiger partial charge in [0.25, 0.3) is 0 Å². The van der Waals surface area contributed by atoms with E-state index in [1.54, 1.807) is 6.26 Å². The highest BCUT2D eigenvalue weighted by molar-refractivity contribution is 14.0. The molecule has 1 aromatic carbocycles. The number of amides is 1. The molecule has 3 heterocycles. The Morgan fingerprint density at radius 1 is 1.00 bits per heavy atom. The normalized spacial score (nSPS) is 17.7. The number of hydrogen-bond donors (Lipinski definition) is 1. The minimum atomic E-state index is 0. The van der Waals surface area contributed by atoms with Gasteiger partial charge in [0.1, 0.15) is 5.76 Å². The Hall–Kier alpha value is -2.07. The highest BCUT2D eigenvalue weighted by Gasteiger charge is 2.30. The molecule has 0 aliphatic carbocycles. The lowest BCUT2D eigenvalue weighted by Crippen LogP contribution is -2.50. The number of rotatable bonds is 6. The van der Waals surface area contributed by atoms with Crippen LogP contribution in [0, 0.1) is 5.92 Å². The second-order valence-electron chi connectivity index (χ2n) is 8.08. The molecular formula is C24H33IN4O3. The van der Waals surface area contributed by atoms with Crippen LogP contribution in [0.15, 0.2) is 58.1 Å². The topological polar surface area (TPSA) is 70.3 Å². The first-order chi connectivity index (χ1) is 15.3. The van der Waals surface area contributed by atoms with E-state index in [9.17, 15) is 4.79 Å². The summed E-state index contributed by atoms with van der Waals surface area (Å²) in [7, 11) is 0. The molecule has 0 spiro atoms. The van der Waals surface area contributed by atoms with Crippen molar-refractivity contribution in [2.45, 2.75) is 25.8 Å². The van der Waals surface area contributed by atoms with Crippen LogP contribution in [0.4, 0.5) is 0 Å². The molecule has 0 unspecified atom stereocenters. The molecule has 1 aromatic heterocycles. The van der Waals surface area contributed by atoms with Gasteiger partial charge in [-0.2, -0.15) is 0 Å². The van der Waals surface area contributed by atoms with Gasteiger partial charge in [0.15, 0.2) is 5.96 Å². The van der Waals surface area contributed by atoms with Crippen molar-refractivity contribution < 1.29 is 13.9 Å². The van der Waals surface area contributed by atoms with Crippen molar-refractivity contribution in [2.75, 3.05) is 45.9 Å². The maximum absolute atomic E-state index is 12.8. The van der Waals surface area contributed by atoms with E-state index < -0.39 is 0 Å². The fourth-order valence-corrected chi connectivity index (χ4v) is 4.15. The number of hydrogen-bond acceptors (Lipinski definition) is 4. The summed E-state index contributed by atoms with van der Waals surface area (Å²) in [6.07, 6.45) is 4.24. The zero-order valence-electron chi connectivity index (χ0n) is 18.4. The van der Waals surface area contributed by atoms with Crippen molar-refractivity contribution in [3.63, 3.8) is 0 Å². The third-order valence-corrected chi connectivity index (χ3v) is 5.96. The molecule has 8 heteroatoms. The number of ether oxygens (including phenoxy) is 1. The average molecular weight is 552 g/mol. The van der Waals surface area contributed by atoms with Crippen LogP contribution in [0.25, 0.3) is 0 Å². The first kappa shape index (κ1) is 24.6. The maximum atomic E-state index is 12.8. The second-order valence-corrected chi connectivity index (χ2v) is 8.08. The molecule has 0 atom stereocenters. The van der Waals surface area contributed by atoms with Gasteiger partial charge in [-0.1, -0.05) is 30.3 Å². The van der Waals surface area contributed by atoms with Gasteiger partial charge in [-0.15, -0.1) is 24.0 Å². The standard InChI is InChI=1S/C24H32N4O3.HI/c29-23(27-14-17-30-18-15-27)21-9-12-28(13-10-21)24(25-11-8-22-7-4-16-31-22)26-19-20-5-2-1-3-6-20;/h1-7,16,21H,8-15,17-19H2,(H,25,26);1H. The molecule has 2 fully saturated rings. The van der Waals surface area contributed by atoms with Gasteiger partial charge >= 0.3 is 0 Å². The van der Waals surface area contributed by atoms with Crippen LogP contribution in [-0.4, -0.2) is 67.6 Å². The van der Waals surface area contributed by atoms with Gasteiger partial charge < -0.3 is 24.3 Å². The molecule has 2 aromatic rings. The van der Waals surface area contributed by atoms with E-state index >= 15 is 0 Å². The molecule has 174 valence electrons. The number of piperidine rings is 1. The predicted molar refractivity (Wildman–Crippen MR) is 135 cm³/mol. The molecule has 1 amide bonds. The minimum absolute atomic E-state index is 0. The Labute approximate surface area is 207 Å². The predicted octanol–water partition coefficient (Wildman–Crippen LogP) is 3.16. The van der Waals surface area contributed by atoms with Gasteiger partial charge in [0.05, 0.1) is 26.0 Å². The smallest absolute Gasteiger partial charge is 0.225 e. The van der Waals surface area contributed by atoms with Gasteiger partial charge in [0.2, 0.25) is 5.91 Å². The lowest BCUT2D eigenvalue weighted by Gasteiger charge is -2.36. The van der Waals surface area contributed by atoms with Crippen molar-refractivity contribution in [2.24, 2.45) is 10.9 Å². The molecule has 7 nitrogen and oxygen atoms in total. The highest BCUT2D eigenvalue weighted by atomic mass is 127. The summed E-state index contributed by atoms with van der Waals surface area (Å²) in [4.78, 5) is 22.0. The SMILES string of the molecule is I.O=C(C1CCN(C(=NCc2ccccc2)NCCc2ccco2)CC1)N1CCOCC1. The Morgan fingerprint density at radius 2 is 1.75 bits per heavy atom. The minimum Gasteiger partial charge on any atom is -0.469 e. The van der Waals surface area contributed by atoms with E-state index in [1.165, 1.54) is 5.56 Å². The monoisotopic (exact) mass is 552 g/mol. The summed E-state index contributed by atoms with van der Waals surface area (Å²) in [5.74, 6) is 2.27. The van der Waals surface area contributed by atoms with E-state index in [0.717, 1.165) is 63.7 Å². The molecule has 32 heavy (non-hydrogen) atoms. The fraction of sp³-hybridized carbons (Fsp3) is 0.500. The number of furan rings is 1. The van der Waals surface area contributed by atoms with Crippen molar-refractivity contribution in [1.29, 1.82) is 0 Å². The second kappa shape index (κ2) is 12.8. The van der Waals surface area contributed by atoms with Crippen molar-refractivity contribution in [1.82, 2.24) is 15.1 Å². The van der Waals surface area contributed by atoms with Crippen molar-refractivity contribution >= 4 is 35.8 Å². The molecule has 4 rings (SSSR count). The number of nitrogens with one attached hydrogen (secondary N) is 1. The number of aliphatic imine (C=N–C) groups is 1. The van der Waals surface area contributed by atoms with E-state index in [4.69, 9.17) is 14.1 Å². The number of guanidine groups is 1. The molecule has 0 bridgehead atoms. The number of halogens is 1. The highest BCUT2D eigenvalue weighted by Crippen LogP contribution is 2.20. The van der Waals surface area contributed by atoms with Crippen LogP contribution in [0.1, 0.15) is 24.2 Å². The Balaban J connectivity index is 0.00000289. The van der Waals surface area contributed by atoms with Crippen LogP contribution >= 0.6 is 24.0 Å². The van der Waals surface area contributed by atoms with Gasteiger partial charge in [-0.25, -0.2) is 4.99 Å². The van der Waals surface area contributed by atoms with Crippen LogP contribution in [-0.2, 0) is 22.5 Å². The summed E-state index contributed by atoms with van der Waals surface area (Å²) in [6, 6.07) is 14.2. The lowest BCUT2D eigenvalue weighted by atomic mass is 9.95. The molecule has 2 aliphatic heterocycles. The first-order valence-electron chi connectivity index (χ1n) is 11.3. The zero-order chi connectivity index (χ0) is 21.3. The van der Waals surface area contributed by atoms with E-state index in [0.29, 0.717) is 19.8 Å². The van der Waals surface area contributed by atoms with Gasteiger partial charge in [-0.3, -0.25) is 4.79 Å². The number of nitrogens with zero attached hydrogens (tertiary/aromatic N) is 3. The summed E-state index contributed by atoms with van der Waals surface area (Å²) >= 11 is 0. The van der Waals surface area contributed by atoms with Crippen molar-refractivity contribution in [3.8, 4) is 0 Å². The number of carbonyl (C=O) groups is 1. The van der Waals surface area contributed by atoms with Crippen LogP contribution in [0.5, 0.6) is 0 Å². The molecular weight excluding hydrogens is 519 g/mol. The zero-order valence-corrected chi connectivity index (χ0v) is 20.8. The number of morpholine rings is 1. The molecule has 0 saturated carbocycles. The quantitative estimate of drug-likeness (QED) is 0.339. The Kier molecular flexibility index (Phi) is 9.86. The number of benzene rings is 1.